The summed E-state index contributed by atoms with van der Waals surface area (Å²) in [6.07, 6.45) is 9.26. The predicted molar refractivity (Wildman–Crippen MR) is 85.0 cm³/mol. The molecule has 110 valence electrons. The number of nitrogens with two attached hydrogens (primary N) is 1. The van der Waals surface area contributed by atoms with Gasteiger partial charge in [0.15, 0.2) is 0 Å². The number of nitrogens with zero attached hydrogens (tertiary/aromatic N) is 1. The first-order chi connectivity index (χ1) is 9.88. The summed E-state index contributed by atoms with van der Waals surface area (Å²) in [7, 11) is 0. The van der Waals surface area contributed by atoms with Crippen molar-refractivity contribution in [3.8, 4) is 0 Å². The topological polar surface area (TPSA) is 29.3 Å². The van der Waals surface area contributed by atoms with Crippen LogP contribution in [0, 0.1) is 0 Å². The van der Waals surface area contributed by atoms with Gasteiger partial charge in [0.05, 0.1) is 0 Å². The zero-order valence-corrected chi connectivity index (χ0v) is 12.6. The summed E-state index contributed by atoms with van der Waals surface area (Å²) >= 11 is 0. The van der Waals surface area contributed by atoms with Crippen molar-refractivity contribution in [2.75, 3.05) is 19.6 Å². The molecule has 20 heavy (non-hydrogen) atoms. The number of aryl methyl sites for hydroxylation is 1. The Labute approximate surface area is 123 Å². The summed E-state index contributed by atoms with van der Waals surface area (Å²) in [4.78, 5) is 2.75. The quantitative estimate of drug-likeness (QED) is 0.891. The summed E-state index contributed by atoms with van der Waals surface area (Å²) < 4.78 is 0. The molecule has 2 nitrogen and oxygen atoms in total. The molecular weight excluding hydrogens is 244 g/mol. The standard InChI is InChI=1S/C18H28N2/c19-12-4-9-17-10-5-13-20(17)14-16-8-3-7-15-6-1-2-11-18(15)16/h1-2,6,11,16-17H,3-5,7-10,12-14,19H2. The molecule has 2 heteroatoms. The van der Waals surface area contributed by atoms with Gasteiger partial charge in [0, 0.05) is 12.6 Å². The molecule has 0 amide bonds. The van der Waals surface area contributed by atoms with Crippen LogP contribution in [0.15, 0.2) is 24.3 Å². The summed E-state index contributed by atoms with van der Waals surface area (Å²) in [6.45, 7) is 3.41. The highest BCUT2D eigenvalue weighted by Gasteiger charge is 2.28. The van der Waals surface area contributed by atoms with E-state index in [0.29, 0.717) is 0 Å². The van der Waals surface area contributed by atoms with Crippen molar-refractivity contribution in [3.05, 3.63) is 35.4 Å². The molecule has 1 aliphatic carbocycles. The van der Waals surface area contributed by atoms with Gasteiger partial charge in [-0.05, 0) is 75.1 Å². The van der Waals surface area contributed by atoms with Gasteiger partial charge in [-0.25, -0.2) is 0 Å². The third kappa shape index (κ3) is 3.07. The maximum atomic E-state index is 5.68. The Morgan fingerprint density at radius 2 is 2.05 bits per heavy atom. The summed E-state index contributed by atoms with van der Waals surface area (Å²) in [5.41, 5.74) is 8.91. The molecule has 3 rings (SSSR count). The Kier molecular flexibility index (Phi) is 4.74. The van der Waals surface area contributed by atoms with Gasteiger partial charge in [0.25, 0.3) is 0 Å². The van der Waals surface area contributed by atoms with Crippen LogP contribution in [-0.2, 0) is 6.42 Å². The van der Waals surface area contributed by atoms with Crippen LogP contribution in [0.4, 0.5) is 0 Å². The first-order valence-electron chi connectivity index (χ1n) is 8.40. The second kappa shape index (κ2) is 6.73. The number of hydrogen-bond acceptors (Lipinski definition) is 2. The Bertz CT molecular complexity index is 429. The molecule has 0 aromatic heterocycles. The zero-order chi connectivity index (χ0) is 13.8. The Balaban J connectivity index is 1.66. The smallest absolute Gasteiger partial charge is 0.00964 e. The van der Waals surface area contributed by atoms with Gasteiger partial charge in [-0.1, -0.05) is 24.3 Å². The fraction of sp³-hybridized carbons (Fsp3) is 0.667. The molecule has 2 unspecified atom stereocenters. The largest absolute Gasteiger partial charge is 0.330 e. The normalized spacial score (nSPS) is 26.6. The van der Waals surface area contributed by atoms with Crippen molar-refractivity contribution in [2.45, 2.75) is 56.9 Å². The fourth-order valence-corrected chi connectivity index (χ4v) is 4.14. The number of benzene rings is 1. The van der Waals surface area contributed by atoms with E-state index < -0.39 is 0 Å². The van der Waals surface area contributed by atoms with Crippen molar-refractivity contribution in [1.29, 1.82) is 0 Å². The molecule has 2 atom stereocenters. The van der Waals surface area contributed by atoms with Crippen LogP contribution in [0.5, 0.6) is 0 Å². The van der Waals surface area contributed by atoms with Gasteiger partial charge < -0.3 is 5.73 Å². The van der Waals surface area contributed by atoms with E-state index in [9.17, 15) is 0 Å². The molecule has 1 aromatic carbocycles. The molecule has 0 radical (unpaired) electrons. The lowest BCUT2D eigenvalue weighted by Gasteiger charge is -2.32. The van der Waals surface area contributed by atoms with Gasteiger partial charge in [0.1, 0.15) is 0 Å². The molecule has 1 heterocycles. The average Bonchev–Trinajstić information content (AvgIpc) is 2.93. The van der Waals surface area contributed by atoms with Crippen molar-refractivity contribution >= 4 is 0 Å². The summed E-state index contributed by atoms with van der Waals surface area (Å²) in [6, 6.07) is 9.91. The van der Waals surface area contributed by atoms with Gasteiger partial charge in [-0.2, -0.15) is 0 Å². The van der Waals surface area contributed by atoms with Gasteiger partial charge in [-0.3, -0.25) is 4.90 Å². The van der Waals surface area contributed by atoms with E-state index in [2.05, 4.69) is 29.2 Å². The molecule has 1 fully saturated rings. The van der Waals surface area contributed by atoms with Crippen molar-refractivity contribution in [2.24, 2.45) is 5.73 Å². The Morgan fingerprint density at radius 3 is 2.95 bits per heavy atom. The second-order valence-electron chi connectivity index (χ2n) is 6.51. The van der Waals surface area contributed by atoms with Crippen LogP contribution < -0.4 is 5.73 Å². The van der Waals surface area contributed by atoms with E-state index in [1.165, 1.54) is 58.0 Å². The predicted octanol–water partition coefficient (Wildman–Crippen LogP) is 3.31. The summed E-state index contributed by atoms with van der Waals surface area (Å²) in [5, 5.41) is 0. The minimum Gasteiger partial charge on any atom is -0.330 e. The van der Waals surface area contributed by atoms with Crippen molar-refractivity contribution < 1.29 is 0 Å². The maximum absolute atomic E-state index is 5.68. The first-order valence-corrected chi connectivity index (χ1v) is 8.40. The van der Waals surface area contributed by atoms with E-state index in [-0.39, 0.29) is 0 Å². The van der Waals surface area contributed by atoms with E-state index in [1.807, 2.05) is 0 Å². The Morgan fingerprint density at radius 1 is 1.15 bits per heavy atom. The number of fused-ring (bicyclic) bond motifs is 1. The lowest BCUT2D eigenvalue weighted by Crippen LogP contribution is -2.34. The fourth-order valence-electron chi connectivity index (χ4n) is 4.14. The number of hydrogen-bond donors (Lipinski definition) is 1. The molecule has 1 saturated heterocycles. The van der Waals surface area contributed by atoms with E-state index in [1.54, 1.807) is 11.1 Å². The minimum absolute atomic E-state index is 0.762. The van der Waals surface area contributed by atoms with Crippen LogP contribution >= 0.6 is 0 Å². The van der Waals surface area contributed by atoms with Gasteiger partial charge in [0.2, 0.25) is 0 Å². The van der Waals surface area contributed by atoms with Crippen LogP contribution in [0.2, 0.25) is 0 Å². The highest BCUT2D eigenvalue weighted by molar-refractivity contribution is 5.32. The molecular formula is C18H28N2. The molecule has 2 N–H and O–H groups in total. The SMILES string of the molecule is NCCCC1CCCN1CC1CCCc2ccccc21. The van der Waals surface area contributed by atoms with Crippen molar-refractivity contribution in [3.63, 3.8) is 0 Å². The van der Waals surface area contributed by atoms with Crippen LogP contribution in [0.25, 0.3) is 0 Å². The number of likely N-dealkylation sites (tertiary alicyclic amines) is 1. The maximum Gasteiger partial charge on any atom is 0.00964 e. The van der Waals surface area contributed by atoms with Crippen molar-refractivity contribution in [1.82, 2.24) is 4.90 Å². The highest BCUT2D eigenvalue weighted by Crippen LogP contribution is 2.34. The van der Waals surface area contributed by atoms with Crippen LogP contribution in [0.3, 0.4) is 0 Å². The van der Waals surface area contributed by atoms with E-state index in [4.69, 9.17) is 5.73 Å². The highest BCUT2D eigenvalue weighted by atomic mass is 15.2. The minimum atomic E-state index is 0.762. The van der Waals surface area contributed by atoms with E-state index in [0.717, 1.165) is 18.5 Å². The monoisotopic (exact) mass is 272 g/mol. The Hall–Kier alpha value is -0.860. The number of rotatable bonds is 5. The van der Waals surface area contributed by atoms with Crippen LogP contribution in [-0.4, -0.2) is 30.6 Å². The van der Waals surface area contributed by atoms with Gasteiger partial charge in [-0.15, -0.1) is 0 Å². The van der Waals surface area contributed by atoms with Gasteiger partial charge >= 0.3 is 0 Å². The lowest BCUT2D eigenvalue weighted by atomic mass is 9.82. The molecule has 1 aromatic rings. The summed E-state index contributed by atoms with van der Waals surface area (Å²) in [5.74, 6) is 0.762. The molecule has 0 bridgehead atoms. The average molecular weight is 272 g/mol. The van der Waals surface area contributed by atoms with Crippen LogP contribution in [0.1, 0.15) is 55.6 Å². The zero-order valence-electron chi connectivity index (χ0n) is 12.6. The third-order valence-corrected chi connectivity index (χ3v) is 5.19. The molecule has 1 aliphatic heterocycles. The first kappa shape index (κ1) is 14.1. The molecule has 0 spiro atoms. The third-order valence-electron chi connectivity index (χ3n) is 5.19. The molecule has 2 aliphatic rings. The lowest BCUT2D eigenvalue weighted by molar-refractivity contribution is 0.219. The van der Waals surface area contributed by atoms with E-state index >= 15 is 0 Å². The molecule has 0 saturated carbocycles. The second-order valence-corrected chi connectivity index (χ2v) is 6.51.